The fourth-order valence-corrected chi connectivity index (χ4v) is 1.79. The Labute approximate surface area is 135 Å². The molecule has 0 aromatic carbocycles. The van der Waals surface area contributed by atoms with Crippen molar-refractivity contribution < 1.29 is 19.8 Å². The normalized spacial score (nSPS) is 9.71. The molecule has 2 aromatic rings. The van der Waals surface area contributed by atoms with Crippen LogP contribution >= 0.6 is 0 Å². The molecule has 0 fully saturated rings. The number of aliphatic hydroxyl groups excluding tert-OH is 1. The number of aromatic nitrogens is 4. The van der Waals surface area contributed by atoms with Gasteiger partial charge in [0.25, 0.3) is 12.0 Å². The van der Waals surface area contributed by atoms with E-state index in [9.17, 15) is 14.4 Å². The number of H-pyrrole nitrogens is 2. The number of carbonyl (C=O) groups excluding carboxylic acids is 1. The van der Waals surface area contributed by atoms with Crippen LogP contribution in [0.25, 0.3) is 0 Å². The molecule has 0 aliphatic carbocycles. The van der Waals surface area contributed by atoms with Crippen LogP contribution in [-0.2, 0) is 22.7 Å². The number of aromatic amines is 2. The number of amides is 1. The van der Waals surface area contributed by atoms with Gasteiger partial charge in [0.05, 0.1) is 13.2 Å². The summed E-state index contributed by atoms with van der Waals surface area (Å²) in [5, 5.41) is 15.9. The van der Waals surface area contributed by atoms with E-state index >= 15 is 0 Å². The van der Waals surface area contributed by atoms with Gasteiger partial charge in [0.2, 0.25) is 5.91 Å². The van der Waals surface area contributed by atoms with Crippen molar-refractivity contribution in [1.82, 2.24) is 24.4 Å². The molecule has 0 atom stereocenters. The van der Waals surface area contributed by atoms with Crippen molar-refractivity contribution in [2.45, 2.75) is 13.1 Å². The predicted octanol–water partition coefficient (Wildman–Crippen LogP) is -2.02. The number of carboxylic acid groups (broad SMARTS) is 1. The molecule has 0 spiro atoms. The molecule has 0 saturated carbocycles. The van der Waals surface area contributed by atoms with Gasteiger partial charge >= 0.3 is 5.69 Å². The maximum absolute atomic E-state index is 12.2. The Morgan fingerprint density at radius 1 is 1.42 bits per heavy atom. The van der Waals surface area contributed by atoms with E-state index in [0.717, 1.165) is 10.6 Å². The number of aliphatic hydroxyl groups is 1. The van der Waals surface area contributed by atoms with Crippen molar-refractivity contribution in [2.75, 3.05) is 13.2 Å². The maximum atomic E-state index is 12.2. The molecule has 0 bridgehead atoms. The summed E-state index contributed by atoms with van der Waals surface area (Å²) in [6.07, 6.45) is 4.44. The Morgan fingerprint density at radius 2 is 2.12 bits per heavy atom. The highest BCUT2D eigenvalue weighted by atomic mass is 16.3. The summed E-state index contributed by atoms with van der Waals surface area (Å²) in [5.74, 6) is 0.209. The van der Waals surface area contributed by atoms with Crippen LogP contribution in [0.3, 0.4) is 0 Å². The van der Waals surface area contributed by atoms with Crippen LogP contribution in [0.5, 0.6) is 0 Å². The monoisotopic (exact) mass is 339 g/mol. The highest BCUT2D eigenvalue weighted by Gasteiger charge is 2.15. The van der Waals surface area contributed by atoms with Crippen molar-refractivity contribution in [3.05, 3.63) is 51.3 Å². The summed E-state index contributed by atoms with van der Waals surface area (Å²) in [5.41, 5.74) is -1.18. The Balaban J connectivity index is 0.000000891. The molecule has 0 radical (unpaired) electrons. The van der Waals surface area contributed by atoms with Gasteiger partial charge in [-0.3, -0.25) is 23.9 Å². The van der Waals surface area contributed by atoms with Gasteiger partial charge in [-0.25, -0.2) is 9.78 Å². The van der Waals surface area contributed by atoms with Crippen LogP contribution in [0.2, 0.25) is 0 Å². The second kappa shape index (κ2) is 9.74. The molecule has 2 rings (SSSR count). The van der Waals surface area contributed by atoms with Gasteiger partial charge < -0.3 is 20.1 Å². The molecule has 11 nitrogen and oxygen atoms in total. The number of hydrogen-bond acceptors (Lipinski definition) is 6. The topological polar surface area (TPSA) is 161 Å². The molecule has 1 amide bonds. The first-order valence-corrected chi connectivity index (χ1v) is 6.76. The number of carbonyl (C=O) groups is 2. The lowest BCUT2D eigenvalue weighted by atomic mass is 10.4. The van der Waals surface area contributed by atoms with E-state index in [2.05, 4.69) is 15.0 Å². The molecule has 0 unspecified atom stereocenters. The van der Waals surface area contributed by atoms with Gasteiger partial charge in [-0.15, -0.1) is 0 Å². The van der Waals surface area contributed by atoms with E-state index in [1.807, 2.05) is 0 Å². The Kier molecular flexibility index (Phi) is 7.64. The molecule has 2 heterocycles. The van der Waals surface area contributed by atoms with Gasteiger partial charge in [-0.2, -0.15) is 0 Å². The third kappa shape index (κ3) is 5.88. The van der Waals surface area contributed by atoms with Gasteiger partial charge in [-0.05, 0) is 0 Å². The van der Waals surface area contributed by atoms with Gasteiger partial charge in [0, 0.05) is 31.2 Å². The summed E-state index contributed by atoms with van der Waals surface area (Å²) in [6.45, 7) is -0.356. The third-order valence-corrected chi connectivity index (χ3v) is 2.82. The van der Waals surface area contributed by atoms with Crippen molar-refractivity contribution in [3.8, 4) is 0 Å². The van der Waals surface area contributed by atoms with Crippen LogP contribution in [0.15, 0.2) is 34.2 Å². The first-order chi connectivity index (χ1) is 11.5. The summed E-state index contributed by atoms with van der Waals surface area (Å²) in [6, 6.07) is 1.16. The van der Waals surface area contributed by atoms with E-state index < -0.39 is 11.2 Å². The van der Waals surface area contributed by atoms with Crippen molar-refractivity contribution in [1.29, 1.82) is 0 Å². The first-order valence-electron chi connectivity index (χ1n) is 6.76. The fraction of sp³-hybridized carbons (Fsp3) is 0.308. The lowest BCUT2D eigenvalue weighted by Crippen LogP contribution is -2.39. The highest BCUT2D eigenvalue weighted by Crippen LogP contribution is 2.00. The summed E-state index contributed by atoms with van der Waals surface area (Å²) in [7, 11) is 0. The molecule has 11 heteroatoms. The Hall–Kier alpha value is -3.21. The molecular weight excluding hydrogens is 322 g/mol. The smallest absolute Gasteiger partial charge is 0.328 e. The Morgan fingerprint density at radius 3 is 2.67 bits per heavy atom. The third-order valence-electron chi connectivity index (χ3n) is 2.82. The van der Waals surface area contributed by atoms with Crippen LogP contribution in [0.1, 0.15) is 5.82 Å². The number of imidazole rings is 1. The summed E-state index contributed by atoms with van der Waals surface area (Å²) < 4.78 is 1.09. The largest absolute Gasteiger partial charge is 0.483 e. The quantitative estimate of drug-likeness (QED) is 0.442. The zero-order valence-electron chi connectivity index (χ0n) is 12.6. The van der Waals surface area contributed by atoms with Crippen LogP contribution in [0.4, 0.5) is 0 Å². The fourth-order valence-electron chi connectivity index (χ4n) is 1.79. The lowest BCUT2D eigenvalue weighted by Gasteiger charge is -2.21. The van der Waals surface area contributed by atoms with Crippen LogP contribution < -0.4 is 11.2 Å². The van der Waals surface area contributed by atoms with Crippen molar-refractivity contribution in [2.24, 2.45) is 0 Å². The number of hydrogen-bond donors (Lipinski definition) is 4. The van der Waals surface area contributed by atoms with E-state index in [4.69, 9.17) is 15.0 Å². The summed E-state index contributed by atoms with van der Waals surface area (Å²) in [4.78, 5) is 53.4. The number of rotatable bonds is 6. The van der Waals surface area contributed by atoms with Crippen molar-refractivity contribution >= 4 is 12.4 Å². The summed E-state index contributed by atoms with van der Waals surface area (Å²) >= 11 is 0. The van der Waals surface area contributed by atoms with E-state index in [0.29, 0.717) is 5.82 Å². The molecule has 0 aliphatic rings. The van der Waals surface area contributed by atoms with Crippen LogP contribution in [0, 0.1) is 0 Å². The molecule has 2 aromatic heterocycles. The number of nitrogens with zero attached hydrogens (tertiary/aromatic N) is 3. The second-order valence-electron chi connectivity index (χ2n) is 4.42. The zero-order chi connectivity index (χ0) is 17.9. The standard InChI is InChI=1S/C12H15N5O4.CH2O2/c18-6-5-16(7-9-13-2-3-14-9)11(20)8-17-4-1-10(19)15-12(17)21;2-1-3/h1-4,18H,5-8H2,(H,13,14)(H,15,19,21);1H,(H,2,3). The minimum absolute atomic E-state index is 0.123. The Bertz CT molecular complexity index is 751. The van der Waals surface area contributed by atoms with Gasteiger partial charge in [0.15, 0.2) is 0 Å². The zero-order valence-corrected chi connectivity index (χ0v) is 12.6. The lowest BCUT2D eigenvalue weighted by molar-refractivity contribution is -0.133. The van der Waals surface area contributed by atoms with Gasteiger partial charge in [0.1, 0.15) is 12.4 Å². The van der Waals surface area contributed by atoms with Gasteiger partial charge in [-0.1, -0.05) is 0 Å². The molecule has 4 N–H and O–H groups in total. The van der Waals surface area contributed by atoms with E-state index in [-0.39, 0.29) is 38.6 Å². The van der Waals surface area contributed by atoms with E-state index in [1.165, 1.54) is 11.1 Å². The van der Waals surface area contributed by atoms with Crippen LogP contribution in [-0.4, -0.2) is 60.2 Å². The highest BCUT2D eigenvalue weighted by molar-refractivity contribution is 5.75. The first kappa shape index (κ1) is 18.8. The molecular formula is C13H17N5O6. The minimum Gasteiger partial charge on any atom is -0.483 e. The average molecular weight is 339 g/mol. The SMILES string of the molecule is O=C(Cn1ccc(=O)[nH]c1=O)N(CCO)Cc1ncc[nH]1.O=CO. The van der Waals surface area contributed by atoms with Crippen molar-refractivity contribution in [3.63, 3.8) is 0 Å². The minimum atomic E-state index is -0.655. The number of nitrogens with one attached hydrogen (secondary N) is 2. The van der Waals surface area contributed by atoms with E-state index in [1.54, 1.807) is 12.4 Å². The molecule has 0 saturated heterocycles. The second-order valence-corrected chi connectivity index (χ2v) is 4.42. The maximum Gasteiger partial charge on any atom is 0.328 e. The molecule has 0 aliphatic heterocycles. The molecule has 24 heavy (non-hydrogen) atoms. The predicted molar refractivity (Wildman–Crippen MR) is 81.1 cm³/mol. The average Bonchev–Trinajstić information content (AvgIpc) is 3.03. The molecule has 130 valence electrons.